The Bertz CT molecular complexity index is 578. The summed E-state index contributed by atoms with van der Waals surface area (Å²) >= 11 is 0. The van der Waals surface area contributed by atoms with Crippen LogP contribution in [0, 0.1) is 0 Å². The average molecular weight is 483 g/mol. The first-order valence-corrected chi connectivity index (χ1v) is 13.3. The van der Waals surface area contributed by atoms with E-state index < -0.39 is 33.7 Å². The number of ether oxygens (including phenoxy) is 3. The summed E-state index contributed by atoms with van der Waals surface area (Å²) in [6.07, 6.45) is 14.4. The van der Waals surface area contributed by atoms with Gasteiger partial charge >= 0.3 is 11.9 Å². The summed E-state index contributed by atoms with van der Waals surface area (Å²) in [5.74, 6) is -2.85. The van der Waals surface area contributed by atoms with Gasteiger partial charge in [-0.15, -0.1) is 0 Å². The minimum absolute atomic E-state index is 0.0129. The van der Waals surface area contributed by atoms with E-state index in [1.165, 1.54) is 64.2 Å². The van der Waals surface area contributed by atoms with Gasteiger partial charge in [-0.05, 0) is 6.42 Å². The van der Waals surface area contributed by atoms with E-state index in [0.717, 1.165) is 12.8 Å². The van der Waals surface area contributed by atoms with Crippen molar-refractivity contribution in [2.24, 2.45) is 0 Å². The lowest BCUT2D eigenvalue weighted by atomic mass is 10.1. The van der Waals surface area contributed by atoms with E-state index >= 15 is 0 Å². The fourth-order valence-electron chi connectivity index (χ4n) is 3.13. The molecular weight excluding hydrogens is 440 g/mol. The fourth-order valence-corrected chi connectivity index (χ4v) is 3.79. The first-order chi connectivity index (χ1) is 15.3. The zero-order chi connectivity index (χ0) is 24.1. The van der Waals surface area contributed by atoms with Crippen LogP contribution in [0.15, 0.2) is 0 Å². The zero-order valence-corrected chi connectivity index (χ0v) is 20.3. The van der Waals surface area contributed by atoms with Gasteiger partial charge in [0.05, 0.1) is 26.2 Å². The van der Waals surface area contributed by atoms with E-state index in [2.05, 4.69) is 11.7 Å². The molecule has 2 N–H and O–H groups in total. The van der Waals surface area contributed by atoms with Crippen LogP contribution < -0.4 is 0 Å². The quantitative estimate of drug-likeness (QED) is 0.126. The van der Waals surface area contributed by atoms with Crippen molar-refractivity contribution in [2.75, 3.05) is 33.0 Å². The van der Waals surface area contributed by atoms with E-state index in [0.29, 0.717) is 19.8 Å². The lowest BCUT2D eigenvalue weighted by molar-refractivity contribution is -0.148. The van der Waals surface area contributed by atoms with Crippen molar-refractivity contribution in [1.29, 1.82) is 0 Å². The Labute approximate surface area is 192 Å². The molecule has 10 heteroatoms. The maximum Gasteiger partial charge on any atom is 0.327 e. The molecule has 0 saturated heterocycles. The lowest BCUT2D eigenvalue weighted by Gasteiger charge is -2.11. The molecule has 0 aromatic carbocycles. The first-order valence-electron chi connectivity index (χ1n) is 11.8. The van der Waals surface area contributed by atoms with Crippen LogP contribution >= 0.6 is 0 Å². The molecule has 1 atom stereocenters. The summed E-state index contributed by atoms with van der Waals surface area (Å²) in [4.78, 5) is 22.2. The molecule has 1 unspecified atom stereocenters. The summed E-state index contributed by atoms with van der Waals surface area (Å²) in [6.45, 7) is 3.37. The molecule has 0 rings (SSSR count). The Morgan fingerprint density at radius 3 is 1.62 bits per heavy atom. The van der Waals surface area contributed by atoms with Gasteiger partial charge in [0.1, 0.15) is 6.61 Å². The van der Waals surface area contributed by atoms with Crippen LogP contribution in [0.1, 0.15) is 90.4 Å². The van der Waals surface area contributed by atoms with Crippen molar-refractivity contribution >= 4 is 22.1 Å². The summed E-state index contributed by atoms with van der Waals surface area (Å²) in [5.41, 5.74) is 0. The number of aliphatic carboxylic acids is 1. The van der Waals surface area contributed by atoms with Crippen LogP contribution in [0.4, 0.5) is 0 Å². The van der Waals surface area contributed by atoms with Gasteiger partial charge < -0.3 is 19.3 Å². The summed E-state index contributed by atoms with van der Waals surface area (Å²) in [6, 6.07) is 0. The van der Waals surface area contributed by atoms with E-state index in [4.69, 9.17) is 19.1 Å². The number of rotatable bonds is 23. The Kier molecular flexibility index (Phi) is 19.6. The van der Waals surface area contributed by atoms with Crippen molar-refractivity contribution in [3.63, 3.8) is 0 Å². The van der Waals surface area contributed by atoms with Crippen molar-refractivity contribution < 1.29 is 41.9 Å². The molecule has 0 amide bonds. The van der Waals surface area contributed by atoms with Gasteiger partial charge in [0.25, 0.3) is 10.1 Å². The van der Waals surface area contributed by atoms with Crippen LogP contribution in [0.2, 0.25) is 0 Å². The van der Waals surface area contributed by atoms with Crippen LogP contribution in [-0.2, 0) is 33.9 Å². The van der Waals surface area contributed by atoms with Gasteiger partial charge in [0.2, 0.25) is 0 Å². The summed E-state index contributed by atoms with van der Waals surface area (Å²) in [5, 5.41) is 6.47. The highest BCUT2D eigenvalue weighted by Crippen LogP contribution is 2.12. The van der Waals surface area contributed by atoms with Crippen molar-refractivity contribution in [3.05, 3.63) is 0 Å². The maximum atomic E-state index is 11.6. The highest BCUT2D eigenvalue weighted by Gasteiger charge is 2.34. The monoisotopic (exact) mass is 482 g/mol. The average Bonchev–Trinajstić information content (AvgIpc) is 2.72. The van der Waals surface area contributed by atoms with Gasteiger partial charge in [-0.3, -0.25) is 14.1 Å². The first kappa shape index (κ1) is 30.8. The number of unbranched alkanes of at least 4 members (excludes halogenated alkanes) is 11. The molecule has 0 radical (unpaired) electrons. The summed E-state index contributed by atoms with van der Waals surface area (Å²) in [7, 11) is -4.85. The Hall–Kier alpha value is -1.23. The number of hydrogen-bond acceptors (Lipinski definition) is 7. The van der Waals surface area contributed by atoms with Gasteiger partial charge in [-0.2, -0.15) is 8.42 Å². The van der Waals surface area contributed by atoms with Crippen molar-refractivity contribution in [3.8, 4) is 0 Å². The van der Waals surface area contributed by atoms with Gasteiger partial charge in [0.15, 0.2) is 5.25 Å². The second-order valence-electron chi connectivity index (χ2n) is 7.88. The standard InChI is InChI=1S/C22H42O9S/c1-2-3-4-5-6-7-8-9-10-11-12-13-14-29-15-16-30-17-18-31-22(25)20(19-21(23)24)32(26,27)28/h20H,2-19H2,1H3,(H,23,24)(H,26,27,28). The maximum absolute atomic E-state index is 11.6. The minimum Gasteiger partial charge on any atom is -0.481 e. The smallest absolute Gasteiger partial charge is 0.327 e. The van der Waals surface area contributed by atoms with Crippen LogP contribution in [0.25, 0.3) is 0 Å². The molecule has 0 aliphatic rings. The van der Waals surface area contributed by atoms with Crippen LogP contribution in [0.5, 0.6) is 0 Å². The lowest BCUT2D eigenvalue weighted by Crippen LogP contribution is -2.34. The molecule has 0 fully saturated rings. The minimum atomic E-state index is -4.85. The van der Waals surface area contributed by atoms with Crippen molar-refractivity contribution in [2.45, 2.75) is 95.6 Å². The largest absolute Gasteiger partial charge is 0.481 e. The van der Waals surface area contributed by atoms with Gasteiger partial charge in [-0.1, -0.05) is 77.6 Å². The molecule has 0 aromatic rings. The predicted octanol–water partition coefficient (Wildman–Crippen LogP) is 4.00. The zero-order valence-electron chi connectivity index (χ0n) is 19.5. The van der Waals surface area contributed by atoms with Crippen molar-refractivity contribution in [1.82, 2.24) is 0 Å². The second-order valence-corrected chi connectivity index (χ2v) is 9.48. The Morgan fingerprint density at radius 1 is 0.719 bits per heavy atom. The van der Waals surface area contributed by atoms with Gasteiger partial charge in [0, 0.05) is 6.61 Å². The number of carbonyl (C=O) groups is 2. The molecule has 0 heterocycles. The number of carbonyl (C=O) groups excluding carboxylic acids is 1. The molecule has 32 heavy (non-hydrogen) atoms. The predicted molar refractivity (Wildman–Crippen MR) is 121 cm³/mol. The summed E-state index contributed by atoms with van der Waals surface area (Å²) < 4.78 is 46.4. The molecule has 9 nitrogen and oxygen atoms in total. The van der Waals surface area contributed by atoms with E-state index in [1.807, 2.05) is 0 Å². The molecule has 0 bridgehead atoms. The third kappa shape index (κ3) is 19.5. The Balaban J connectivity index is 3.44. The number of carboxylic acid groups (broad SMARTS) is 1. The molecule has 190 valence electrons. The normalized spacial score (nSPS) is 12.6. The van der Waals surface area contributed by atoms with Crippen LogP contribution in [0.3, 0.4) is 0 Å². The molecule has 0 aliphatic heterocycles. The third-order valence-electron chi connectivity index (χ3n) is 4.97. The van der Waals surface area contributed by atoms with E-state index in [9.17, 15) is 18.0 Å². The van der Waals surface area contributed by atoms with Gasteiger partial charge in [-0.25, -0.2) is 0 Å². The third-order valence-corrected chi connectivity index (χ3v) is 6.05. The van der Waals surface area contributed by atoms with Crippen LogP contribution in [-0.4, -0.2) is 68.3 Å². The number of hydrogen-bond donors (Lipinski definition) is 2. The number of esters is 1. The highest BCUT2D eigenvalue weighted by molar-refractivity contribution is 7.87. The molecule has 0 saturated carbocycles. The van der Waals surface area contributed by atoms with E-state index in [1.54, 1.807) is 0 Å². The molecular formula is C22H42O9S. The molecule has 0 spiro atoms. The van der Waals surface area contributed by atoms with E-state index in [-0.39, 0.29) is 13.2 Å². The molecule has 0 aromatic heterocycles. The topological polar surface area (TPSA) is 136 Å². The highest BCUT2D eigenvalue weighted by atomic mass is 32.2. The molecule has 0 aliphatic carbocycles. The second kappa shape index (κ2) is 20.4. The Morgan fingerprint density at radius 2 is 1.16 bits per heavy atom. The number of carboxylic acids is 1. The SMILES string of the molecule is CCCCCCCCCCCCCCOCCOCCOC(=O)C(CC(=O)O)S(=O)(=O)O. The fraction of sp³-hybridized carbons (Fsp3) is 0.909.